The number of fused-ring (bicyclic) bond motifs is 1. The number of benzene rings is 1. The van der Waals surface area contributed by atoms with E-state index in [4.69, 9.17) is 9.47 Å². The number of hydrogen-bond acceptors (Lipinski definition) is 5. The van der Waals surface area contributed by atoms with E-state index in [1.807, 2.05) is 18.2 Å². The van der Waals surface area contributed by atoms with Crippen molar-refractivity contribution in [2.45, 2.75) is 26.3 Å². The summed E-state index contributed by atoms with van der Waals surface area (Å²) in [6.45, 7) is 4.81. The van der Waals surface area contributed by atoms with Crippen LogP contribution in [-0.4, -0.2) is 17.7 Å². The molecular formula is C15H16N2O3S. The van der Waals surface area contributed by atoms with Gasteiger partial charge in [0.15, 0.2) is 11.5 Å². The Balaban J connectivity index is 1.62. The molecule has 1 amide bonds. The van der Waals surface area contributed by atoms with Gasteiger partial charge in [-0.1, -0.05) is 19.9 Å². The summed E-state index contributed by atoms with van der Waals surface area (Å²) in [5, 5.41) is 5.64. The molecule has 1 aromatic heterocycles. The highest BCUT2D eigenvalue weighted by Crippen LogP contribution is 2.32. The van der Waals surface area contributed by atoms with Crippen LogP contribution in [-0.2, 0) is 6.54 Å². The molecule has 0 bridgehead atoms. The van der Waals surface area contributed by atoms with Gasteiger partial charge in [0.1, 0.15) is 5.69 Å². The molecular weight excluding hydrogens is 288 g/mol. The van der Waals surface area contributed by atoms with Gasteiger partial charge in [0.2, 0.25) is 6.79 Å². The average molecular weight is 304 g/mol. The highest BCUT2D eigenvalue weighted by molar-refractivity contribution is 7.09. The van der Waals surface area contributed by atoms with Gasteiger partial charge in [-0.3, -0.25) is 4.79 Å². The molecule has 1 N–H and O–H groups in total. The van der Waals surface area contributed by atoms with Gasteiger partial charge in [-0.15, -0.1) is 11.3 Å². The smallest absolute Gasteiger partial charge is 0.271 e. The maximum Gasteiger partial charge on any atom is 0.271 e. The quantitative estimate of drug-likeness (QED) is 0.943. The summed E-state index contributed by atoms with van der Waals surface area (Å²) in [4.78, 5) is 16.4. The maximum atomic E-state index is 12.1. The number of thiazole rings is 1. The average Bonchev–Trinajstić information content (AvgIpc) is 3.12. The Morgan fingerprint density at radius 3 is 2.95 bits per heavy atom. The van der Waals surface area contributed by atoms with Crippen LogP contribution in [0.25, 0.3) is 0 Å². The Labute approximate surface area is 126 Å². The summed E-state index contributed by atoms with van der Waals surface area (Å²) in [7, 11) is 0. The van der Waals surface area contributed by atoms with Crippen molar-refractivity contribution < 1.29 is 14.3 Å². The molecule has 1 aliphatic rings. The first-order valence-corrected chi connectivity index (χ1v) is 7.63. The molecule has 0 atom stereocenters. The molecule has 110 valence electrons. The number of nitrogens with zero attached hydrogens (tertiary/aromatic N) is 1. The van der Waals surface area contributed by atoms with Crippen LogP contribution >= 0.6 is 11.3 Å². The summed E-state index contributed by atoms with van der Waals surface area (Å²) in [5.74, 6) is 1.64. The molecule has 3 rings (SSSR count). The van der Waals surface area contributed by atoms with Crippen LogP contribution in [0.5, 0.6) is 11.5 Å². The molecule has 21 heavy (non-hydrogen) atoms. The van der Waals surface area contributed by atoms with Crippen LogP contribution in [0.15, 0.2) is 23.6 Å². The lowest BCUT2D eigenvalue weighted by Gasteiger charge is -2.05. The van der Waals surface area contributed by atoms with Crippen molar-refractivity contribution in [3.8, 4) is 11.5 Å². The number of carbonyl (C=O) groups is 1. The number of aromatic nitrogens is 1. The van der Waals surface area contributed by atoms with Crippen LogP contribution in [0.2, 0.25) is 0 Å². The fourth-order valence-corrected chi connectivity index (χ4v) is 2.80. The van der Waals surface area contributed by atoms with E-state index < -0.39 is 0 Å². The fraction of sp³-hybridized carbons (Fsp3) is 0.333. The van der Waals surface area contributed by atoms with Gasteiger partial charge in [-0.2, -0.15) is 0 Å². The maximum absolute atomic E-state index is 12.1. The minimum Gasteiger partial charge on any atom is -0.454 e. The molecule has 0 fully saturated rings. The SMILES string of the molecule is CC(C)c1nc(C(=O)NCc2ccc3c(c2)OCO3)cs1. The van der Waals surface area contributed by atoms with Crippen LogP contribution in [0.3, 0.4) is 0 Å². The summed E-state index contributed by atoms with van der Waals surface area (Å²) in [6, 6.07) is 5.64. The van der Waals surface area contributed by atoms with Gasteiger partial charge in [0, 0.05) is 17.8 Å². The van der Waals surface area contributed by atoms with Gasteiger partial charge in [0.25, 0.3) is 5.91 Å². The predicted octanol–water partition coefficient (Wildman–Crippen LogP) is 2.93. The van der Waals surface area contributed by atoms with Crippen LogP contribution < -0.4 is 14.8 Å². The van der Waals surface area contributed by atoms with Crippen molar-refractivity contribution in [1.29, 1.82) is 0 Å². The highest BCUT2D eigenvalue weighted by atomic mass is 32.1. The number of hydrogen-bond donors (Lipinski definition) is 1. The van der Waals surface area contributed by atoms with E-state index >= 15 is 0 Å². The minimum atomic E-state index is -0.157. The lowest BCUT2D eigenvalue weighted by Crippen LogP contribution is -2.23. The van der Waals surface area contributed by atoms with Crippen molar-refractivity contribution in [3.63, 3.8) is 0 Å². The number of carbonyl (C=O) groups excluding carboxylic acids is 1. The Hall–Kier alpha value is -2.08. The molecule has 1 aromatic carbocycles. The first kappa shape index (κ1) is 13.9. The Morgan fingerprint density at radius 1 is 1.38 bits per heavy atom. The van der Waals surface area contributed by atoms with E-state index in [0.29, 0.717) is 18.2 Å². The van der Waals surface area contributed by atoms with E-state index in [1.54, 1.807) is 5.38 Å². The van der Waals surface area contributed by atoms with Crippen molar-refractivity contribution in [1.82, 2.24) is 10.3 Å². The number of nitrogens with one attached hydrogen (secondary N) is 1. The molecule has 0 saturated heterocycles. The van der Waals surface area contributed by atoms with E-state index in [9.17, 15) is 4.79 Å². The van der Waals surface area contributed by atoms with Gasteiger partial charge in [0.05, 0.1) is 5.01 Å². The molecule has 0 radical (unpaired) electrons. The first-order chi connectivity index (χ1) is 10.1. The van der Waals surface area contributed by atoms with Crippen LogP contribution in [0.4, 0.5) is 0 Å². The number of ether oxygens (including phenoxy) is 2. The van der Waals surface area contributed by atoms with E-state index in [-0.39, 0.29) is 12.7 Å². The van der Waals surface area contributed by atoms with E-state index in [1.165, 1.54) is 11.3 Å². The van der Waals surface area contributed by atoms with Crippen molar-refractivity contribution >= 4 is 17.2 Å². The third-order valence-electron chi connectivity index (χ3n) is 3.14. The second-order valence-electron chi connectivity index (χ2n) is 5.10. The molecule has 0 aliphatic carbocycles. The Morgan fingerprint density at radius 2 is 2.19 bits per heavy atom. The molecule has 0 saturated carbocycles. The molecule has 2 heterocycles. The summed E-state index contributed by atoms with van der Waals surface area (Å²) < 4.78 is 10.6. The predicted molar refractivity (Wildman–Crippen MR) is 79.9 cm³/mol. The van der Waals surface area contributed by atoms with Crippen molar-refractivity contribution in [2.75, 3.05) is 6.79 Å². The van der Waals surface area contributed by atoms with Gasteiger partial charge in [-0.05, 0) is 17.7 Å². The van der Waals surface area contributed by atoms with Crippen LogP contribution in [0, 0.1) is 0 Å². The summed E-state index contributed by atoms with van der Waals surface area (Å²) in [5.41, 5.74) is 1.44. The van der Waals surface area contributed by atoms with Gasteiger partial charge < -0.3 is 14.8 Å². The minimum absolute atomic E-state index is 0.157. The number of rotatable bonds is 4. The molecule has 0 unspecified atom stereocenters. The third-order valence-corrected chi connectivity index (χ3v) is 4.28. The normalized spacial score (nSPS) is 12.7. The molecule has 6 heteroatoms. The summed E-state index contributed by atoms with van der Waals surface area (Å²) >= 11 is 1.52. The molecule has 1 aliphatic heterocycles. The van der Waals surface area contributed by atoms with Crippen LogP contribution in [0.1, 0.15) is 40.8 Å². The lowest BCUT2D eigenvalue weighted by atomic mass is 10.2. The lowest BCUT2D eigenvalue weighted by molar-refractivity contribution is 0.0946. The second kappa shape index (κ2) is 5.73. The second-order valence-corrected chi connectivity index (χ2v) is 5.99. The van der Waals surface area contributed by atoms with Crippen molar-refractivity contribution in [3.05, 3.63) is 39.8 Å². The number of amides is 1. The highest BCUT2D eigenvalue weighted by Gasteiger charge is 2.15. The van der Waals surface area contributed by atoms with Crippen molar-refractivity contribution in [2.24, 2.45) is 0 Å². The standard InChI is InChI=1S/C15H16N2O3S/c1-9(2)15-17-11(7-21-15)14(18)16-6-10-3-4-12-13(5-10)20-8-19-12/h3-5,7,9H,6,8H2,1-2H3,(H,16,18). The molecule has 2 aromatic rings. The molecule has 5 nitrogen and oxygen atoms in total. The Kier molecular flexibility index (Phi) is 3.79. The zero-order valence-corrected chi connectivity index (χ0v) is 12.7. The topological polar surface area (TPSA) is 60.5 Å². The summed E-state index contributed by atoms with van der Waals surface area (Å²) in [6.07, 6.45) is 0. The molecule has 0 spiro atoms. The van der Waals surface area contributed by atoms with Gasteiger partial charge >= 0.3 is 0 Å². The van der Waals surface area contributed by atoms with E-state index in [0.717, 1.165) is 22.1 Å². The van der Waals surface area contributed by atoms with Gasteiger partial charge in [-0.25, -0.2) is 4.98 Å². The van der Waals surface area contributed by atoms with E-state index in [2.05, 4.69) is 24.1 Å². The monoisotopic (exact) mass is 304 g/mol. The largest absolute Gasteiger partial charge is 0.454 e. The fourth-order valence-electron chi connectivity index (χ4n) is 1.98. The first-order valence-electron chi connectivity index (χ1n) is 6.75. The zero-order valence-electron chi connectivity index (χ0n) is 11.9. The zero-order chi connectivity index (χ0) is 14.8. The third kappa shape index (κ3) is 3.00. The Bertz CT molecular complexity index is 667.